The van der Waals surface area contributed by atoms with E-state index in [-0.39, 0.29) is 0 Å². The van der Waals surface area contributed by atoms with Crippen LogP contribution in [0.15, 0.2) is 11.1 Å². The monoisotopic (exact) mass is 216 g/mol. The van der Waals surface area contributed by atoms with E-state index >= 15 is 0 Å². The number of cyclic esters (lactones) is 1. The van der Waals surface area contributed by atoms with E-state index in [4.69, 9.17) is 5.11 Å². The maximum Gasteiger partial charge on any atom is 0.348 e. The summed E-state index contributed by atoms with van der Waals surface area (Å²) in [6, 6.07) is 0. The number of hydrogen-bond acceptors (Lipinski definition) is 7. The van der Waals surface area contributed by atoms with Crippen LogP contribution >= 0.6 is 0 Å². The quantitative estimate of drug-likeness (QED) is 0.341. The Morgan fingerprint density at radius 2 is 1.80 bits per heavy atom. The molecule has 1 aliphatic rings. The minimum absolute atomic E-state index is 0.547. The van der Waals surface area contributed by atoms with Gasteiger partial charge in [0.05, 0.1) is 14.2 Å². The van der Waals surface area contributed by atoms with Crippen molar-refractivity contribution in [1.82, 2.24) is 0 Å². The van der Waals surface area contributed by atoms with Gasteiger partial charge in [0.15, 0.2) is 5.57 Å². The van der Waals surface area contributed by atoms with Crippen molar-refractivity contribution >= 4 is 17.9 Å². The number of methoxy groups -OCH3 is 2. The highest BCUT2D eigenvalue weighted by Gasteiger charge is 2.42. The molecule has 0 saturated carbocycles. The summed E-state index contributed by atoms with van der Waals surface area (Å²) in [6.45, 7) is 0. The number of rotatable bonds is 2. The number of hydrogen-bond donors (Lipinski definition) is 1. The maximum atomic E-state index is 11.1. The normalized spacial score (nSPS) is 19.9. The molecule has 1 rings (SSSR count). The number of esters is 3. The number of carbonyl (C=O) groups excluding carboxylic acids is 3. The van der Waals surface area contributed by atoms with Crippen LogP contribution < -0.4 is 0 Å². The Kier molecular flexibility index (Phi) is 3.05. The summed E-state index contributed by atoms with van der Waals surface area (Å²) in [7, 11) is 2.07. The molecule has 7 nitrogen and oxygen atoms in total. The second-order valence-corrected chi connectivity index (χ2v) is 2.53. The van der Waals surface area contributed by atoms with Gasteiger partial charge < -0.3 is 19.3 Å². The van der Waals surface area contributed by atoms with E-state index < -0.39 is 35.3 Å². The summed E-state index contributed by atoms with van der Waals surface area (Å²) in [5, 5.41) is 9.17. The summed E-state index contributed by atoms with van der Waals surface area (Å²) in [5.74, 6) is -3.19. The Hall–Kier alpha value is -1.89. The third-order valence-corrected chi connectivity index (χ3v) is 1.73. The van der Waals surface area contributed by atoms with Gasteiger partial charge in [0.2, 0.25) is 6.29 Å². The van der Waals surface area contributed by atoms with Crippen LogP contribution in [-0.4, -0.2) is 43.5 Å². The van der Waals surface area contributed by atoms with Gasteiger partial charge in [-0.05, 0) is 0 Å². The van der Waals surface area contributed by atoms with Gasteiger partial charge in [-0.1, -0.05) is 0 Å². The zero-order valence-corrected chi connectivity index (χ0v) is 7.97. The van der Waals surface area contributed by atoms with Crippen LogP contribution in [0.3, 0.4) is 0 Å². The lowest BCUT2D eigenvalue weighted by atomic mass is 10.1. The maximum absolute atomic E-state index is 11.1. The fourth-order valence-electron chi connectivity index (χ4n) is 1.06. The van der Waals surface area contributed by atoms with E-state index in [0.717, 1.165) is 14.2 Å². The standard InChI is InChI=1S/C8H8O7/c1-13-5(9)3-4(6(10)14-2)8(12)15-7(3)11/h7,11H,1-2H3. The predicted molar refractivity (Wildman–Crippen MR) is 43.2 cm³/mol. The molecule has 1 N–H and O–H groups in total. The Bertz CT molecular complexity index is 354. The molecule has 0 spiro atoms. The van der Waals surface area contributed by atoms with Gasteiger partial charge in [-0.2, -0.15) is 0 Å². The van der Waals surface area contributed by atoms with E-state index in [9.17, 15) is 14.4 Å². The van der Waals surface area contributed by atoms with E-state index in [0.29, 0.717) is 0 Å². The summed E-state index contributed by atoms with van der Waals surface area (Å²) >= 11 is 0. The molecule has 0 aliphatic carbocycles. The van der Waals surface area contributed by atoms with Crippen LogP contribution in [0.5, 0.6) is 0 Å². The van der Waals surface area contributed by atoms with Crippen molar-refractivity contribution in [3.63, 3.8) is 0 Å². The minimum atomic E-state index is -1.79. The lowest BCUT2D eigenvalue weighted by Crippen LogP contribution is -2.19. The zero-order chi connectivity index (χ0) is 11.6. The van der Waals surface area contributed by atoms with Crippen molar-refractivity contribution in [2.24, 2.45) is 0 Å². The first-order chi connectivity index (χ1) is 7.02. The van der Waals surface area contributed by atoms with Gasteiger partial charge in [0.25, 0.3) is 0 Å². The molecule has 0 aromatic heterocycles. The largest absolute Gasteiger partial charge is 0.465 e. The second-order valence-electron chi connectivity index (χ2n) is 2.53. The van der Waals surface area contributed by atoms with Gasteiger partial charge in [-0.15, -0.1) is 0 Å². The molecule has 82 valence electrons. The first-order valence-electron chi connectivity index (χ1n) is 3.82. The highest BCUT2D eigenvalue weighted by Crippen LogP contribution is 2.23. The molecule has 0 bridgehead atoms. The molecule has 0 saturated heterocycles. The molecule has 1 aliphatic heterocycles. The van der Waals surface area contributed by atoms with Crippen molar-refractivity contribution in [1.29, 1.82) is 0 Å². The van der Waals surface area contributed by atoms with E-state index in [1.54, 1.807) is 0 Å². The first-order valence-corrected chi connectivity index (χ1v) is 3.82. The molecule has 15 heavy (non-hydrogen) atoms. The third-order valence-electron chi connectivity index (χ3n) is 1.73. The molecule has 1 heterocycles. The highest BCUT2D eigenvalue weighted by atomic mass is 16.6. The summed E-state index contributed by atoms with van der Waals surface area (Å²) < 4.78 is 12.8. The lowest BCUT2D eigenvalue weighted by molar-refractivity contribution is -0.155. The summed E-state index contributed by atoms with van der Waals surface area (Å²) in [6.07, 6.45) is -1.79. The SMILES string of the molecule is COC(=O)C1=C(C(=O)OC)C(O)OC1=O. The van der Waals surface area contributed by atoms with Crippen molar-refractivity contribution in [3.05, 3.63) is 11.1 Å². The number of aliphatic hydroxyl groups is 1. The van der Waals surface area contributed by atoms with Gasteiger partial charge in [0, 0.05) is 0 Å². The molecule has 0 aromatic rings. The molecule has 0 radical (unpaired) electrons. The molecule has 0 aromatic carbocycles. The molecule has 0 fully saturated rings. The molecule has 1 atom stereocenters. The third kappa shape index (κ3) is 1.82. The highest BCUT2D eigenvalue weighted by molar-refractivity contribution is 6.21. The Morgan fingerprint density at radius 3 is 2.27 bits per heavy atom. The molecule has 0 amide bonds. The molecular formula is C8H8O7. The fraction of sp³-hybridized carbons (Fsp3) is 0.375. The number of ether oxygens (including phenoxy) is 3. The van der Waals surface area contributed by atoms with Crippen LogP contribution in [0.2, 0.25) is 0 Å². The first kappa shape index (κ1) is 11.2. The van der Waals surface area contributed by atoms with Crippen LogP contribution in [0.1, 0.15) is 0 Å². The van der Waals surface area contributed by atoms with Crippen molar-refractivity contribution in [2.75, 3.05) is 14.2 Å². The molecule has 1 unspecified atom stereocenters. The van der Waals surface area contributed by atoms with Gasteiger partial charge >= 0.3 is 17.9 Å². The van der Waals surface area contributed by atoms with E-state index in [1.165, 1.54) is 0 Å². The minimum Gasteiger partial charge on any atom is -0.465 e. The average Bonchev–Trinajstić information content (AvgIpc) is 2.51. The average molecular weight is 216 g/mol. The van der Waals surface area contributed by atoms with E-state index in [2.05, 4.69) is 14.2 Å². The molecule has 7 heteroatoms. The van der Waals surface area contributed by atoms with Crippen molar-refractivity contribution in [3.8, 4) is 0 Å². The number of carbonyl (C=O) groups is 3. The van der Waals surface area contributed by atoms with Gasteiger partial charge in [-0.3, -0.25) is 0 Å². The zero-order valence-electron chi connectivity index (χ0n) is 7.97. The smallest absolute Gasteiger partial charge is 0.348 e. The van der Waals surface area contributed by atoms with Crippen LogP contribution in [0.25, 0.3) is 0 Å². The second kappa shape index (κ2) is 4.09. The predicted octanol–water partition coefficient (Wildman–Crippen LogP) is -1.50. The Labute approximate surface area is 84.2 Å². The van der Waals surface area contributed by atoms with E-state index in [1.807, 2.05) is 0 Å². The van der Waals surface area contributed by atoms with Crippen LogP contribution in [0.4, 0.5) is 0 Å². The van der Waals surface area contributed by atoms with Gasteiger partial charge in [-0.25, -0.2) is 14.4 Å². The topological polar surface area (TPSA) is 99.1 Å². The summed E-state index contributed by atoms with van der Waals surface area (Å²) in [5.41, 5.74) is -1.19. The van der Waals surface area contributed by atoms with Crippen LogP contribution in [-0.2, 0) is 28.6 Å². The number of aliphatic hydroxyl groups excluding tert-OH is 1. The van der Waals surface area contributed by atoms with Crippen molar-refractivity contribution < 1.29 is 33.7 Å². The van der Waals surface area contributed by atoms with Gasteiger partial charge in [0.1, 0.15) is 5.57 Å². The van der Waals surface area contributed by atoms with Crippen molar-refractivity contribution in [2.45, 2.75) is 6.29 Å². The fourth-order valence-corrected chi connectivity index (χ4v) is 1.06. The lowest BCUT2D eigenvalue weighted by Gasteiger charge is -2.04. The summed E-state index contributed by atoms with van der Waals surface area (Å²) in [4.78, 5) is 33.3. The molecular weight excluding hydrogens is 208 g/mol. The van der Waals surface area contributed by atoms with Crippen LogP contribution in [0, 0.1) is 0 Å². The Balaban J connectivity index is 3.21. The Morgan fingerprint density at radius 1 is 1.27 bits per heavy atom.